The third-order valence-corrected chi connectivity index (χ3v) is 5.48. The summed E-state index contributed by atoms with van der Waals surface area (Å²) in [5, 5.41) is 0.611. The lowest BCUT2D eigenvalue weighted by atomic mass is 9.95. The van der Waals surface area contributed by atoms with Crippen LogP contribution in [0, 0.1) is 0 Å². The van der Waals surface area contributed by atoms with Gasteiger partial charge in [0.2, 0.25) is 11.8 Å². The summed E-state index contributed by atoms with van der Waals surface area (Å²) in [6.45, 7) is 0. The van der Waals surface area contributed by atoms with E-state index in [0.29, 0.717) is 16.8 Å². The van der Waals surface area contributed by atoms with Gasteiger partial charge in [0, 0.05) is 16.1 Å². The molecule has 0 amide bonds. The van der Waals surface area contributed by atoms with Gasteiger partial charge in [0.1, 0.15) is 11.0 Å². The second-order valence-electron chi connectivity index (χ2n) is 7.21. The molecule has 31 heavy (non-hydrogen) atoms. The van der Waals surface area contributed by atoms with Gasteiger partial charge in [0.25, 0.3) is 0 Å². The van der Waals surface area contributed by atoms with Gasteiger partial charge in [-0.15, -0.1) is 0 Å². The molecule has 0 aliphatic carbocycles. The number of hydrogen-bond acceptors (Lipinski definition) is 4. The van der Waals surface area contributed by atoms with Gasteiger partial charge in [-0.25, -0.2) is 9.97 Å². The van der Waals surface area contributed by atoms with Gasteiger partial charge in [-0.2, -0.15) is 0 Å². The average Bonchev–Trinajstić information content (AvgIpc) is 3.43. The lowest BCUT2D eigenvalue weighted by molar-refractivity contribution is 0.618. The number of aromatic nitrogens is 2. The number of para-hydroxylation sites is 4. The van der Waals surface area contributed by atoms with Crippen molar-refractivity contribution in [2.24, 2.45) is 0 Å². The van der Waals surface area contributed by atoms with Crippen LogP contribution in [-0.2, 0) is 0 Å². The molecule has 6 aromatic rings. The van der Waals surface area contributed by atoms with E-state index in [1.807, 2.05) is 91.0 Å². The summed E-state index contributed by atoms with van der Waals surface area (Å²) in [4.78, 5) is 9.38. The van der Waals surface area contributed by atoms with Crippen molar-refractivity contribution in [1.29, 1.82) is 0 Å². The predicted molar refractivity (Wildman–Crippen MR) is 123 cm³/mol. The molecule has 4 aromatic carbocycles. The predicted octanol–water partition coefficient (Wildman–Crippen LogP) is 7.62. The molecule has 0 atom stereocenters. The van der Waals surface area contributed by atoms with Crippen LogP contribution in [0.4, 0.5) is 0 Å². The maximum Gasteiger partial charge on any atom is 0.227 e. The van der Waals surface area contributed by atoms with E-state index in [1.165, 1.54) is 0 Å². The lowest BCUT2D eigenvalue weighted by Gasteiger charge is -2.11. The Labute approximate surface area is 182 Å². The highest BCUT2D eigenvalue weighted by Gasteiger charge is 2.19. The van der Waals surface area contributed by atoms with Gasteiger partial charge in [-0.1, -0.05) is 60.1 Å². The van der Waals surface area contributed by atoms with Crippen molar-refractivity contribution in [3.8, 4) is 34.0 Å². The molecule has 2 aromatic heterocycles. The highest BCUT2D eigenvalue weighted by Crippen LogP contribution is 2.40. The fraction of sp³-hybridized carbons (Fsp3) is 0. The quantitative estimate of drug-likeness (QED) is 0.294. The van der Waals surface area contributed by atoms with Gasteiger partial charge >= 0.3 is 0 Å². The van der Waals surface area contributed by atoms with Gasteiger partial charge in [0.15, 0.2) is 11.2 Å². The number of rotatable bonds is 3. The molecule has 6 rings (SSSR count). The van der Waals surface area contributed by atoms with E-state index < -0.39 is 0 Å². The number of benzene rings is 4. The Morgan fingerprint density at radius 3 is 1.68 bits per heavy atom. The van der Waals surface area contributed by atoms with E-state index in [2.05, 4.69) is 4.98 Å². The topological polar surface area (TPSA) is 52.1 Å². The van der Waals surface area contributed by atoms with Crippen LogP contribution < -0.4 is 0 Å². The Kier molecular flexibility index (Phi) is 4.11. The zero-order valence-corrected chi connectivity index (χ0v) is 17.0. The highest BCUT2D eigenvalue weighted by atomic mass is 35.5. The van der Waals surface area contributed by atoms with Crippen molar-refractivity contribution >= 4 is 33.8 Å². The van der Waals surface area contributed by atoms with E-state index in [1.54, 1.807) is 0 Å². The molecule has 0 fully saturated rings. The molecule has 148 valence electrons. The second-order valence-corrected chi connectivity index (χ2v) is 7.65. The first-order valence-electron chi connectivity index (χ1n) is 9.87. The molecule has 0 spiro atoms. The summed E-state index contributed by atoms with van der Waals surface area (Å²) in [5.74, 6) is 1.08. The summed E-state index contributed by atoms with van der Waals surface area (Å²) in [6.07, 6.45) is 0. The maximum atomic E-state index is 6.36. The van der Waals surface area contributed by atoms with Crippen LogP contribution in [0.3, 0.4) is 0 Å². The summed E-state index contributed by atoms with van der Waals surface area (Å²) < 4.78 is 12.1. The number of hydrogen-bond donors (Lipinski definition) is 0. The smallest absolute Gasteiger partial charge is 0.227 e. The van der Waals surface area contributed by atoms with Gasteiger partial charge in [0.05, 0.1) is 0 Å². The molecule has 0 saturated heterocycles. The molecule has 4 nitrogen and oxygen atoms in total. The Balaban J connectivity index is 1.58. The van der Waals surface area contributed by atoms with Crippen LogP contribution in [0.15, 0.2) is 99.8 Å². The molecule has 0 unspecified atom stereocenters. The third-order valence-electron chi connectivity index (χ3n) is 5.25. The van der Waals surface area contributed by atoms with Crippen molar-refractivity contribution in [1.82, 2.24) is 9.97 Å². The molecule has 2 heterocycles. The summed E-state index contributed by atoms with van der Waals surface area (Å²) >= 11 is 6.36. The van der Waals surface area contributed by atoms with Crippen LogP contribution in [0.1, 0.15) is 0 Å². The number of nitrogens with zero attached hydrogens (tertiary/aromatic N) is 2. The number of halogens is 1. The maximum absolute atomic E-state index is 6.36. The van der Waals surface area contributed by atoms with E-state index in [9.17, 15) is 0 Å². The first-order valence-corrected chi connectivity index (χ1v) is 10.2. The molecule has 0 N–H and O–H groups in total. The Morgan fingerprint density at radius 1 is 0.516 bits per heavy atom. The van der Waals surface area contributed by atoms with Crippen molar-refractivity contribution < 1.29 is 8.83 Å². The molecular weight excluding hydrogens is 408 g/mol. The first-order chi connectivity index (χ1) is 15.3. The molecule has 0 aliphatic heterocycles. The minimum absolute atomic E-state index is 0.520. The van der Waals surface area contributed by atoms with E-state index in [0.717, 1.165) is 44.5 Å². The van der Waals surface area contributed by atoms with E-state index in [-0.39, 0.29) is 0 Å². The molecule has 0 bridgehead atoms. The molecular formula is C26H15ClN2O2. The summed E-state index contributed by atoms with van der Waals surface area (Å²) in [6, 6.07) is 29.2. The van der Waals surface area contributed by atoms with Crippen LogP contribution >= 0.6 is 11.6 Å². The molecule has 0 saturated carbocycles. The van der Waals surface area contributed by atoms with Crippen molar-refractivity contribution in [3.05, 3.63) is 96.0 Å². The van der Waals surface area contributed by atoms with Crippen LogP contribution in [0.25, 0.3) is 56.2 Å². The summed E-state index contributed by atoms with van der Waals surface area (Å²) in [5.41, 5.74) is 6.71. The summed E-state index contributed by atoms with van der Waals surface area (Å²) in [7, 11) is 0. The SMILES string of the molecule is Clc1ccc(-c2ccccc2-c2nc3ccccc3o2)c(-c2nc3ccccc3o2)c1. The van der Waals surface area contributed by atoms with Gasteiger partial charge < -0.3 is 8.83 Å². The molecule has 0 aliphatic rings. The Hall–Kier alpha value is -3.89. The zero-order chi connectivity index (χ0) is 20.8. The zero-order valence-electron chi connectivity index (χ0n) is 16.2. The third kappa shape index (κ3) is 3.09. The van der Waals surface area contributed by atoms with Gasteiger partial charge in [-0.3, -0.25) is 0 Å². The Bertz CT molecular complexity index is 1500. The number of oxazole rings is 2. The minimum Gasteiger partial charge on any atom is -0.436 e. The normalized spacial score (nSPS) is 11.4. The minimum atomic E-state index is 0.520. The van der Waals surface area contributed by atoms with E-state index >= 15 is 0 Å². The van der Waals surface area contributed by atoms with Crippen molar-refractivity contribution in [2.45, 2.75) is 0 Å². The second kappa shape index (κ2) is 7.11. The first kappa shape index (κ1) is 17.9. The van der Waals surface area contributed by atoms with Crippen LogP contribution in [-0.4, -0.2) is 9.97 Å². The lowest BCUT2D eigenvalue weighted by Crippen LogP contribution is -1.89. The van der Waals surface area contributed by atoms with Gasteiger partial charge in [-0.05, 0) is 53.6 Å². The number of fused-ring (bicyclic) bond motifs is 2. The van der Waals surface area contributed by atoms with Crippen LogP contribution in [0.2, 0.25) is 5.02 Å². The monoisotopic (exact) mass is 422 g/mol. The highest BCUT2D eigenvalue weighted by molar-refractivity contribution is 6.31. The molecule has 5 heteroatoms. The van der Waals surface area contributed by atoms with Crippen LogP contribution in [0.5, 0.6) is 0 Å². The van der Waals surface area contributed by atoms with Crippen molar-refractivity contribution in [3.63, 3.8) is 0 Å². The largest absolute Gasteiger partial charge is 0.436 e. The molecule has 0 radical (unpaired) electrons. The fourth-order valence-corrected chi connectivity index (χ4v) is 3.98. The standard InChI is InChI=1S/C26H15ClN2O2/c27-16-13-14-18(20(15-16)26-29-22-10-4-6-12-24(22)31-26)17-7-1-2-8-19(17)25-28-21-9-3-5-11-23(21)30-25/h1-15H. The fourth-order valence-electron chi connectivity index (χ4n) is 3.81. The Morgan fingerprint density at radius 2 is 1.03 bits per heavy atom. The van der Waals surface area contributed by atoms with E-state index in [4.69, 9.17) is 25.4 Å². The van der Waals surface area contributed by atoms with Crippen molar-refractivity contribution in [2.75, 3.05) is 0 Å². The average molecular weight is 423 g/mol.